The highest BCUT2D eigenvalue weighted by atomic mass is 16.5. The molecule has 0 aliphatic carbocycles. The van der Waals surface area contributed by atoms with Gasteiger partial charge in [-0.3, -0.25) is 9.59 Å². The van der Waals surface area contributed by atoms with Crippen molar-refractivity contribution in [1.29, 1.82) is 0 Å². The van der Waals surface area contributed by atoms with E-state index in [2.05, 4.69) is 10.1 Å². The van der Waals surface area contributed by atoms with Crippen molar-refractivity contribution < 1.29 is 28.6 Å². The van der Waals surface area contributed by atoms with Gasteiger partial charge in [0, 0.05) is 12.8 Å². The van der Waals surface area contributed by atoms with Gasteiger partial charge in [-0.15, -0.1) is 0 Å². The zero-order valence-corrected chi connectivity index (χ0v) is 12.1. The second-order valence-corrected chi connectivity index (χ2v) is 4.94. The Morgan fingerprint density at radius 1 is 1.48 bits per heavy atom. The molecule has 0 aromatic carbocycles. The molecule has 1 fully saturated rings. The second-order valence-electron chi connectivity index (χ2n) is 4.94. The number of rotatable bonds is 8. The largest absolute Gasteiger partial charge is 0.461 e. The Morgan fingerprint density at radius 2 is 2.14 bits per heavy atom. The van der Waals surface area contributed by atoms with Gasteiger partial charge in [-0.05, 0) is 20.3 Å². The summed E-state index contributed by atoms with van der Waals surface area (Å²) in [6, 6.07) is -0.930. The molecule has 0 radical (unpaired) electrons. The molecule has 1 saturated heterocycles. The van der Waals surface area contributed by atoms with Crippen LogP contribution in [0.4, 0.5) is 0 Å². The first-order chi connectivity index (χ1) is 9.93. The summed E-state index contributed by atoms with van der Waals surface area (Å²) in [4.78, 5) is 37.6. The molecule has 1 amide bonds. The number of hydrogen-bond acceptors (Lipinski definition) is 5. The summed E-state index contributed by atoms with van der Waals surface area (Å²) < 4.78 is 10.1. The van der Waals surface area contributed by atoms with Crippen molar-refractivity contribution in [3.63, 3.8) is 0 Å². The maximum atomic E-state index is 11.9. The molecular formula is C13H19N3O5. The minimum Gasteiger partial charge on any atom is -0.461 e. The number of amides is 1. The quantitative estimate of drug-likeness (QED) is 0.289. The molecule has 0 aromatic heterocycles. The number of hydrogen-bond donors (Lipinski definition) is 1. The number of carbonyl (C=O) groups is 3. The highest BCUT2D eigenvalue weighted by Crippen LogP contribution is 2.12. The van der Waals surface area contributed by atoms with Gasteiger partial charge in [-0.1, -0.05) is 0 Å². The summed E-state index contributed by atoms with van der Waals surface area (Å²) in [6.07, 6.45) is 0.499. The Hall–Kier alpha value is -2.05. The summed E-state index contributed by atoms with van der Waals surface area (Å²) in [5.74, 6) is -1.45. The Bertz CT molecular complexity index is 453. The van der Waals surface area contributed by atoms with Gasteiger partial charge >= 0.3 is 12.2 Å². The van der Waals surface area contributed by atoms with E-state index in [1.54, 1.807) is 13.8 Å². The Balaban J connectivity index is 2.59. The molecule has 0 aromatic rings. The van der Waals surface area contributed by atoms with E-state index in [0.717, 1.165) is 6.21 Å². The van der Waals surface area contributed by atoms with Gasteiger partial charge in [0.15, 0.2) is 0 Å². The average Bonchev–Trinajstić information content (AvgIpc) is 2.31. The minimum absolute atomic E-state index is 0.0479. The zero-order chi connectivity index (χ0) is 15.8. The van der Waals surface area contributed by atoms with E-state index in [1.165, 1.54) is 0 Å². The number of ether oxygens (including phenoxy) is 2. The number of nitrogens with one attached hydrogen (secondary N) is 1. The van der Waals surface area contributed by atoms with Gasteiger partial charge in [0.2, 0.25) is 11.7 Å². The second kappa shape index (κ2) is 8.28. The molecule has 2 atom stereocenters. The minimum atomic E-state index is -0.930. The van der Waals surface area contributed by atoms with Crippen LogP contribution >= 0.6 is 0 Å². The molecule has 0 bridgehead atoms. The number of Topliss-reactive ketones (excluding diaryl/α,β-unsaturated/α-hetero) is 1. The van der Waals surface area contributed by atoms with Gasteiger partial charge in [0.1, 0.15) is 12.1 Å². The van der Waals surface area contributed by atoms with Crippen LogP contribution in [-0.4, -0.2) is 53.5 Å². The smallest absolute Gasteiger partial charge is 0.328 e. The van der Waals surface area contributed by atoms with Crippen LogP contribution in [0.5, 0.6) is 0 Å². The summed E-state index contributed by atoms with van der Waals surface area (Å²) in [5.41, 5.74) is 8.26. The van der Waals surface area contributed by atoms with Gasteiger partial charge in [-0.2, -0.15) is 4.79 Å². The lowest BCUT2D eigenvalue weighted by molar-refractivity contribution is -0.156. The first-order valence-electron chi connectivity index (χ1n) is 6.76. The number of carbonyl (C=O) groups excluding carboxylic acids is 3. The first kappa shape index (κ1) is 17.0. The van der Waals surface area contributed by atoms with Crippen molar-refractivity contribution in [2.75, 3.05) is 6.61 Å². The van der Waals surface area contributed by atoms with Crippen LogP contribution in [0.15, 0.2) is 0 Å². The van der Waals surface area contributed by atoms with Gasteiger partial charge in [0.05, 0.1) is 12.7 Å². The molecule has 1 aliphatic rings. The van der Waals surface area contributed by atoms with Gasteiger partial charge in [0.25, 0.3) is 0 Å². The maximum Gasteiger partial charge on any atom is 0.328 e. The molecule has 116 valence electrons. The fourth-order valence-corrected chi connectivity index (χ4v) is 1.69. The van der Waals surface area contributed by atoms with Crippen molar-refractivity contribution in [3.8, 4) is 0 Å². The van der Waals surface area contributed by atoms with Crippen molar-refractivity contribution >= 4 is 23.9 Å². The highest BCUT2D eigenvalue weighted by molar-refractivity contribution is 6.25. The molecule has 1 rings (SSSR count). The van der Waals surface area contributed by atoms with Crippen LogP contribution in [-0.2, 0) is 23.9 Å². The van der Waals surface area contributed by atoms with E-state index in [1.807, 2.05) is 0 Å². The van der Waals surface area contributed by atoms with Crippen LogP contribution in [0.2, 0.25) is 0 Å². The lowest BCUT2D eigenvalue weighted by Crippen LogP contribution is -2.50. The average molecular weight is 297 g/mol. The maximum absolute atomic E-state index is 11.9. The molecule has 0 saturated carbocycles. The molecule has 0 unspecified atom stereocenters. The van der Waals surface area contributed by atoms with Crippen molar-refractivity contribution in [2.24, 2.45) is 0 Å². The van der Waals surface area contributed by atoms with E-state index >= 15 is 0 Å². The Labute approximate surface area is 122 Å². The van der Waals surface area contributed by atoms with E-state index in [-0.39, 0.29) is 18.9 Å². The lowest BCUT2D eigenvalue weighted by Gasteiger charge is -2.27. The molecule has 0 spiro atoms. The van der Waals surface area contributed by atoms with Crippen LogP contribution in [0.1, 0.15) is 33.1 Å². The summed E-state index contributed by atoms with van der Waals surface area (Å²) in [7, 11) is 0. The van der Waals surface area contributed by atoms with Crippen molar-refractivity contribution in [1.82, 2.24) is 5.32 Å². The van der Waals surface area contributed by atoms with Gasteiger partial charge in [-0.25, -0.2) is 4.79 Å². The molecule has 8 nitrogen and oxygen atoms in total. The number of nitrogens with zero attached hydrogens (tertiary/aromatic N) is 2. The molecule has 8 heteroatoms. The van der Waals surface area contributed by atoms with Crippen LogP contribution in [0.25, 0.3) is 5.53 Å². The van der Waals surface area contributed by atoms with Crippen LogP contribution in [0.3, 0.4) is 0 Å². The lowest BCUT2D eigenvalue weighted by atomic mass is 10.1. The zero-order valence-electron chi connectivity index (χ0n) is 12.1. The fraction of sp³-hybridized carbons (Fsp3) is 0.692. The Morgan fingerprint density at radius 3 is 2.62 bits per heavy atom. The third-order valence-corrected chi connectivity index (χ3v) is 2.83. The predicted molar refractivity (Wildman–Crippen MR) is 71.4 cm³/mol. The predicted octanol–water partition coefficient (Wildman–Crippen LogP) is -0.138. The monoisotopic (exact) mass is 297 g/mol. The molecule has 1 aliphatic heterocycles. The normalized spacial score (nSPS) is 18.1. The summed E-state index contributed by atoms with van der Waals surface area (Å²) in [6.45, 7) is 3.90. The number of esters is 1. The van der Waals surface area contributed by atoms with Crippen molar-refractivity contribution in [2.45, 2.75) is 51.4 Å². The topological polar surface area (TPSA) is 118 Å². The fourth-order valence-electron chi connectivity index (χ4n) is 1.69. The van der Waals surface area contributed by atoms with Crippen LogP contribution < -0.4 is 5.32 Å². The molecule has 21 heavy (non-hydrogen) atoms. The third kappa shape index (κ3) is 5.85. The molecular weight excluding hydrogens is 278 g/mol. The van der Waals surface area contributed by atoms with E-state index < -0.39 is 29.8 Å². The SMILES string of the molecule is CC(C)OC(=O)[C@H](CCC(=O)C=[N+]=[N-])NC(=O)[C@H]1CCO1. The van der Waals surface area contributed by atoms with Crippen LogP contribution in [0, 0.1) is 0 Å². The Kier molecular flexibility index (Phi) is 6.71. The first-order valence-corrected chi connectivity index (χ1v) is 6.76. The molecule has 1 heterocycles. The summed E-state index contributed by atoms with van der Waals surface area (Å²) >= 11 is 0. The molecule has 1 N–H and O–H groups in total. The van der Waals surface area contributed by atoms with E-state index in [4.69, 9.17) is 15.0 Å². The van der Waals surface area contributed by atoms with Crippen molar-refractivity contribution in [3.05, 3.63) is 5.53 Å². The van der Waals surface area contributed by atoms with E-state index in [0.29, 0.717) is 13.0 Å². The third-order valence-electron chi connectivity index (χ3n) is 2.83. The number of ketones is 1. The summed E-state index contributed by atoms with van der Waals surface area (Å²) in [5, 5.41) is 2.52. The van der Waals surface area contributed by atoms with Gasteiger partial charge < -0.3 is 20.3 Å². The van der Waals surface area contributed by atoms with E-state index in [9.17, 15) is 14.4 Å². The standard InChI is InChI=1S/C13H19N3O5/c1-8(2)21-13(19)10(4-3-9(17)7-15-14)16-12(18)11-5-6-20-11/h7-8,10-11H,3-6H2,1-2H3,(H,16,18)/t10-,11+/m0/s1. The highest BCUT2D eigenvalue weighted by Gasteiger charge is 2.31.